The minimum absolute atomic E-state index is 0.113. The predicted octanol–water partition coefficient (Wildman–Crippen LogP) is 2.01. The van der Waals surface area contributed by atoms with Gasteiger partial charge in [0.1, 0.15) is 6.17 Å². The summed E-state index contributed by atoms with van der Waals surface area (Å²) >= 11 is 0. The average Bonchev–Trinajstić information content (AvgIpc) is 2.10. The molecule has 0 aliphatic carbocycles. The maximum Gasteiger partial charge on any atom is 0.116 e. The quantitative estimate of drug-likeness (QED) is 0.677. The first kappa shape index (κ1) is 12.3. The SMILES string of the molecule is CN1CC(N2CCC(C(C)(C)C)C(F)C2)C1. The topological polar surface area (TPSA) is 6.48 Å². The largest absolute Gasteiger partial charge is 0.303 e. The highest BCUT2D eigenvalue weighted by Gasteiger charge is 2.40. The van der Waals surface area contributed by atoms with Gasteiger partial charge in [0.15, 0.2) is 0 Å². The molecule has 0 radical (unpaired) electrons. The summed E-state index contributed by atoms with van der Waals surface area (Å²) in [5, 5.41) is 0. The van der Waals surface area contributed by atoms with E-state index >= 15 is 0 Å². The van der Waals surface area contributed by atoms with Gasteiger partial charge in [-0.1, -0.05) is 20.8 Å². The third-order valence-electron chi connectivity index (χ3n) is 4.25. The average molecular weight is 228 g/mol. The Hall–Kier alpha value is -0.150. The Morgan fingerprint density at radius 1 is 1.12 bits per heavy atom. The van der Waals surface area contributed by atoms with Gasteiger partial charge in [-0.3, -0.25) is 4.90 Å². The molecule has 2 nitrogen and oxygen atoms in total. The summed E-state index contributed by atoms with van der Waals surface area (Å²) in [5.41, 5.74) is 0.113. The zero-order chi connectivity index (χ0) is 11.9. The molecule has 0 spiro atoms. The zero-order valence-corrected chi connectivity index (χ0v) is 11.0. The van der Waals surface area contributed by atoms with Gasteiger partial charge in [0.05, 0.1) is 0 Å². The predicted molar refractivity (Wildman–Crippen MR) is 65.3 cm³/mol. The molecule has 0 aromatic heterocycles. The molecule has 2 aliphatic rings. The fourth-order valence-electron chi connectivity index (χ4n) is 3.13. The lowest BCUT2D eigenvalue weighted by molar-refractivity contribution is -0.0284. The molecule has 0 N–H and O–H groups in total. The lowest BCUT2D eigenvalue weighted by atomic mass is 9.74. The highest BCUT2D eigenvalue weighted by molar-refractivity contribution is 4.93. The fourth-order valence-corrected chi connectivity index (χ4v) is 3.13. The number of likely N-dealkylation sites (N-methyl/N-ethyl adjacent to an activating group) is 1. The van der Waals surface area contributed by atoms with E-state index in [0.29, 0.717) is 12.6 Å². The summed E-state index contributed by atoms with van der Waals surface area (Å²) in [6, 6.07) is 0.615. The van der Waals surface area contributed by atoms with Gasteiger partial charge in [0.25, 0.3) is 0 Å². The fraction of sp³-hybridized carbons (Fsp3) is 1.00. The van der Waals surface area contributed by atoms with Crippen LogP contribution in [0.25, 0.3) is 0 Å². The smallest absolute Gasteiger partial charge is 0.116 e. The van der Waals surface area contributed by atoms with Crippen LogP contribution in [0.2, 0.25) is 0 Å². The van der Waals surface area contributed by atoms with E-state index < -0.39 is 6.17 Å². The molecule has 2 atom stereocenters. The van der Waals surface area contributed by atoms with E-state index in [9.17, 15) is 4.39 Å². The number of hydrogen-bond acceptors (Lipinski definition) is 2. The van der Waals surface area contributed by atoms with Crippen LogP contribution in [-0.2, 0) is 0 Å². The van der Waals surface area contributed by atoms with Crippen LogP contribution in [-0.4, -0.2) is 55.2 Å². The van der Waals surface area contributed by atoms with E-state index in [-0.39, 0.29) is 11.3 Å². The molecule has 0 amide bonds. The third-order valence-corrected chi connectivity index (χ3v) is 4.25. The van der Waals surface area contributed by atoms with Crippen molar-refractivity contribution in [1.82, 2.24) is 9.80 Å². The lowest BCUT2D eigenvalue weighted by Gasteiger charge is -2.49. The summed E-state index contributed by atoms with van der Waals surface area (Å²) in [4.78, 5) is 4.65. The van der Waals surface area contributed by atoms with Crippen molar-refractivity contribution in [2.24, 2.45) is 11.3 Å². The van der Waals surface area contributed by atoms with Crippen molar-refractivity contribution in [3.05, 3.63) is 0 Å². The minimum Gasteiger partial charge on any atom is -0.303 e. The highest BCUT2D eigenvalue weighted by Crippen LogP contribution is 2.37. The van der Waals surface area contributed by atoms with Gasteiger partial charge in [0, 0.05) is 25.7 Å². The van der Waals surface area contributed by atoms with Gasteiger partial charge in [-0.25, -0.2) is 4.39 Å². The van der Waals surface area contributed by atoms with Crippen LogP contribution in [0.3, 0.4) is 0 Å². The van der Waals surface area contributed by atoms with E-state index in [1.807, 2.05) is 0 Å². The monoisotopic (exact) mass is 228 g/mol. The molecular formula is C13H25FN2. The molecule has 0 bridgehead atoms. The Bertz CT molecular complexity index is 243. The van der Waals surface area contributed by atoms with E-state index in [0.717, 1.165) is 26.1 Å². The van der Waals surface area contributed by atoms with Crippen LogP contribution in [0.4, 0.5) is 4.39 Å². The molecule has 2 fully saturated rings. The van der Waals surface area contributed by atoms with Gasteiger partial charge in [0.2, 0.25) is 0 Å². The number of rotatable bonds is 1. The van der Waals surface area contributed by atoms with Crippen molar-refractivity contribution in [3.8, 4) is 0 Å². The summed E-state index contributed by atoms with van der Waals surface area (Å²) in [6.07, 6.45) is 0.380. The van der Waals surface area contributed by atoms with Gasteiger partial charge >= 0.3 is 0 Å². The molecule has 16 heavy (non-hydrogen) atoms. The van der Waals surface area contributed by atoms with Crippen molar-refractivity contribution in [1.29, 1.82) is 0 Å². The first-order valence-electron chi connectivity index (χ1n) is 6.44. The second-order valence-electron chi connectivity index (χ2n) is 6.65. The number of likely N-dealkylation sites (tertiary alicyclic amines) is 2. The first-order chi connectivity index (χ1) is 7.38. The van der Waals surface area contributed by atoms with Crippen LogP contribution >= 0.6 is 0 Å². The maximum absolute atomic E-state index is 14.2. The normalized spacial score (nSPS) is 35.1. The minimum atomic E-state index is -0.639. The Balaban J connectivity index is 1.88. The van der Waals surface area contributed by atoms with E-state index in [2.05, 4.69) is 37.6 Å². The Morgan fingerprint density at radius 2 is 1.75 bits per heavy atom. The van der Waals surface area contributed by atoms with Crippen LogP contribution in [0.15, 0.2) is 0 Å². The standard InChI is InChI=1S/C13H25FN2/c1-13(2,3)11-5-6-16(9-12(11)14)10-7-15(4)8-10/h10-12H,5-9H2,1-4H3. The molecule has 3 heteroatoms. The molecule has 0 aromatic carbocycles. The van der Waals surface area contributed by atoms with Gasteiger partial charge in [-0.05, 0) is 31.3 Å². The third kappa shape index (κ3) is 2.40. The summed E-state index contributed by atoms with van der Waals surface area (Å²) < 4.78 is 14.2. The summed E-state index contributed by atoms with van der Waals surface area (Å²) in [7, 11) is 2.13. The number of halogens is 1. The second-order valence-corrected chi connectivity index (χ2v) is 6.65. The van der Waals surface area contributed by atoms with Crippen molar-refractivity contribution in [3.63, 3.8) is 0 Å². The van der Waals surface area contributed by atoms with Gasteiger partial charge in [-0.2, -0.15) is 0 Å². The lowest BCUT2D eigenvalue weighted by Crippen LogP contribution is -2.61. The van der Waals surface area contributed by atoms with E-state index in [1.54, 1.807) is 0 Å². The number of hydrogen-bond donors (Lipinski definition) is 0. The molecule has 2 saturated heterocycles. The Labute approximate surface area is 98.8 Å². The first-order valence-corrected chi connectivity index (χ1v) is 6.44. The number of piperidine rings is 1. The van der Waals surface area contributed by atoms with Crippen LogP contribution < -0.4 is 0 Å². The van der Waals surface area contributed by atoms with Crippen molar-refractivity contribution in [2.75, 3.05) is 33.2 Å². The molecule has 2 aliphatic heterocycles. The zero-order valence-electron chi connectivity index (χ0n) is 11.0. The van der Waals surface area contributed by atoms with Crippen molar-refractivity contribution in [2.45, 2.75) is 39.4 Å². The molecule has 0 aromatic rings. The second kappa shape index (κ2) is 4.26. The molecule has 94 valence electrons. The van der Waals surface area contributed by atoms with Gasteiger partial charge < -0.3 is 4.90 Å². The maximum atomic E-state index is 14.2. The van der Waals surface area contributed by atoms with Crippen LogP contribution in [0, 0.1) is 11.3 Å². The Kier molecular flexibility index (Phi) is 3.28. The molecular weight excluding hydrogens is 203 g/mol. The van der Waals surface area contributed by atoms with Crippen molar-refractivity contribution < 1.29 is 4.39 Å². The Morgan fingerprint density at radius 3 is 2.19 bits per heavy atom. The van der Waals surface area contributed by atoms with E-state index in [4.69, 9.17) is 0 Å². The summed E-state index contributed by atoms with van der Waals surface area (Å²) in [5.74, 6) is 0.238. The molecule has 2 heterocycles. The van der Waals surface area contributed by atoms with Gasteiger partial charge in [-0.15, -0.1) is 0 Å². The molecule has 2 unspecified atom stereocenters. The van der Waals surface area contributed by atoms with Crippen LogP contribution in [0.5, 0.6) is 0 Å². The van der Waals surface area contributed by atoms with Crippen molar-refractivity contribution >= 4 is 0 Å². The summed E-state index contributed by atoms with van der Waals surface area (Å²) in [6.45, 7) is 10.5. The van der Waals surface area contributed by atoms with Crippen LogP contribution in [0.1, 0.15) is 27.2 Å². The number of alkyl halides is 1. The molecule has 0 saturated carbocycles. The van der Waals surface area contributed by atoms with E-state index in [1.165, 1.54) is 0 Å². The molecule has 2 rings (SSSR count). The highest BCUT2D eigenvalue weighted by atomic mass is 19.1. The number of nitrogens with zero attached hydrogens (tertiary/aromatic N) is 2.